The van der Waals surface area contributed by atoms with Gasteiger partial charge < -0.3 is 10.4 Å². The van der Waals surface area contributed by atoms with Gasteiger partial charge in [-0.3, -0.25) is 9.59 Å². The number of hydrogen-bond donors (Lipinski definition) is 2. The first-order chi connectivity index (χ1) is 8.31. The van der Waals surface area contributed by atoms with Gasteiger partial charge in [-0.05, 0) is 38.1 Å². The Bertz CT molecular complexity index is 445. The number of aliphatic carboxylic acids is 1. The fourth-order valence-electron chi connectivity index (χ4n) is 1.21. The number of hydrogen-bond acceptors (Lipinski definition) is 3. The normalized spacial score (nSPS) is 11.1. The van der Waals surface area contributed by atoms with Gasteiger partial charge in [0.25, 0.3) is 0 Å². The van der Waals surface area contributed by atoms with Crippen molar-refractivity contribution in [3.8, 4) is 0 Å². The van der Waals surface area contributed by atoms with Crippen LogP contribution in [0.4, 0.5) is 0 Å². The van der Waals surface area contributed by atoms with Gasteiger partial charge in [0, 0.05) is 9.92 Å². The second-order valence-electron chi connectivity index (χ2n) is 4.14. The van der Waals surface area contributed by atoms with Gasteiger partial charge in [-0.25, -0.2) is 0 Å². The number of rotatable bonds is 5. The van der Waals surface area contributed by atoms with Gasteiger partial charge >= 0.3 is 5.97 Å². The molecular formula is C12H14ClNO3S. The number of halogens is 1. The molecule has 98 valence electrons. The van der Waals surface area contributed by atoms with E-state index < -0.39 is 10.7 Å². The molecule has 1 rings (SSSR count). The highest BCUT2D eigenvalue weighted by Crippen LogP contribution is 2.33. The number of carbonyl (C=O) groups is 2. The van der Waals surface area contributed by atoms with E-state index in [0.29, 0.717) is 5.02 Å². The summed E-state index contributed by atoms with van der Waals surface area (Å²) >= 11 is 7.13. The maximum absolute atomic E-state index is 11.8. The van der Waals surface area contributed by atoms with Crippen LogP contribution in [-0.4, -0.2) is 28.3 Å². The molecule has 0 aliphatic heterocycles. The van der Waals surface area contributed by atoms with Crippen LogP contribution in [0.25, 0.3) is 0 Å². The minimum atomic E-state index is -1.06. The highest BCUT2D eigenvalue weighted by atomic mass is 35.5. The quantitative estimate of drug-likeness (QED) is 0.816. The van der Waals surface area contributed by atoms with Crippen LogP contribution in [0.1, 0.15) is 13.8 Å². The molecule has 0 heterocycles. The molecular weight excluding hydrogens is 274 g/mol. The number of thioether (sulfide) groups is 1. The summed E-state index contributed by atoms with van der Waals surface area (Å²) in [7, 11) is 0. The first-order valence-electron chi connectivity index (χ1n) is 5.26. The van der Waals surface area contributed by atoms with Crippen molar-refractivity contribution in [3.63, 3.8) is 0 Å². The Labute approximate surface area is 115 Å². The average Bonchev–Trinajstić information content (AvgIpc) is 2.28. The smallest absolute Gasteiger partial charge is 0.322 e. The summed E-state index contributed by atoms with van der Waals surface area (Å²) in [5.74, 6) is -1.37. The van der Waals surface area contributed by atoms with Crippen molar-refractivity contribution in [1.82, 2.24) is 5.32 Å². The number of carboxylic acids is 1. The van der Waals surface area contributed by atoms with Gasteiger partial charge in [-0.1, -0.05) is 11.6 Å². The molecule has 0 aliphatic rings. The van der Waals surface area contributed by atoms with Crippen molar-refractivity contribution in [3.05, 3.63) is 29.3 Å². The largest absolute Gasteiger partial charge is 0.480 e. The number of amides is 1. The Morgan fingerprint density at radius 2 is 1.89 bits per heavy atom. The van der Waals surface area contributed by atoms with Crippen molar-refractivity contribution in [1.29, 1.82) is 0 Å². The molecule has 0 spiro atoms. The predicted octanol–water partition coefficient (Wildman–Crippen LogP) is 2.41. The molecule has 0 fully saturated rings. The van der Waals surface area contributed by atoms with Gasteiger partial charge in [0.1, 0.15) is 6.54 Å². The van der Waals surface area contributed by atoms with Gasteiger partial charge in [0.15, 0.2) is 0 Å². The zero-order chi connectivity index (χ0) is 13.8. The van der Waals surface area contributed by atoms with Gasteiger partial charge in [-0.2, -0.15) is 0 Å². The lowest BCUT2D eigenvalue weighted by Crippen LogP contribution is -2.41. The van der Waals surface area contributed by atoms with Crippen molar-refractivity contribution < 1.29 is 14.7 Å². The third-order valence-corrected chi connectivity index (χ3v) is 3.59. The molecule has 18 heavy (non-hydrogen) atoms. The SMILES string of the molecule is CC(C)(Sc1ccc(Cl)cc1)C(=O)NCC(=O)O. The zero-order valence-corrected chi connectivity index (χ0v) is 11.6. The fraction of sp³-hybridized carbons (Fsp3) is 0.333. The van der Waals surface area contributed by atoms with E-state index in [2.05, 4.69) is 5.32 Å². The molecule has 1 amide bonds. The Hall–Kier alpha value is -1.20. The second-order valence-corrected chi connectivity index (χ2v) is 6.28. The van der Waals surface area contributed by atoms with Crippen LogP contribution < -0.4 is 5.32 Å². The summed E-state index contributed by atoms with van der Waals surface area (Å²) in [6, 6.07) is 7.13. The van der Waals surface area contributed by atoms with Gasteiger partial charge in [-0.15, -0.1) is 11.8 Å². The minimum absolute atomic E-state index is 0.315. The average molecular weight is 288 g/mol. The summed E-state index contributed by atoms with van der Waals surface area (Å²) in [6.45, 7) is 3.11. The first kappa shape index (κ1) is 14.9. The molecule has 1 aromatic rings. The highest BCUT2D eigenvalue weighted by Gasteiger charge is 2.29. The summed E-state index contributed by atoms with van der Waals surface area (Å²) in [4.78, 5) is 23.1. The Morgan fingerprint density at radius 1 is 1.33 bits per heavy atom. The predicted molar refractivity (Wildman–Crippen MR) is 72.0 cm³/mol. The summed E-state index contributed by atoms with van der Waals surface area (Å²) in [5.41, 5.74) is 0. The molecule has 2 N–H and O–H groups in total. The van der Waals surface area contributed by atoms with E-state index in [4.69, 9.17) is 16.7 Å². The Morgan fingerprint density at radius 3 is 2.39 bits per heavy atom. The summed E-state index contributed by atoms with van der Waals surface area (Å²) in [6.07, 6.45) is 0. The second kappa shape index (κ2) is 6.11. The van der Waals surface area contributed by atoms with Crippen LogP contribution in [0.5, 0.6) is 0 Å². The van der Waals surface area contributed by atoms with E-state index in [1.165, 1.54) is 11.8 Å². The number of nitrogens with one attached hydrogen (secondary N) is 1. The number of carboxylic acid groups (broad SMARTS) is 1. The van der Waals surface area contributed by atoms with E-state index >= 15 is 0 Å². The van der Waals surface area contributed by atoms with Crippen molar-refractivity contribution in [2.75, 3.05) is 6.54 Å². The maximum atomic E-state index is 11.8. The van der Waals surface area contributed by atoms with Crippen LogP contribution in [0, 0.1) is 0 Å². The maximum Gasteiger partial charge on any atom is 0.322 e. The van der Waals surface area contributed by atoms with E-state index in [-0.39, 0.29) is 12.5 Å². The van der Waals surface area contributed by atoms with E-state index in [0.717, 1.165) is 4.90 Å². The fourth-order valence-corrected chi connectivity index (χ4v) is 2.36. The lowest BCUT2D eigenvalue weighted by molar-refractivity contribution is -0.138. The lowest BCUT2D eigenvalue weighted by Gasteiger charge is -2.22. The molecule has 0 atom stereocenters. The molecule has 0 bridgehead atoms. The standard InChI is InChI=1S/C12H14ClNO3S/c1-12(2,11(17)14-7-10(15)16)18-9-5-3-8(13)4-6-9/h3-6H,7H2,1-2H3,(H,14,17)(H,15,16). The molecule has 0 aromatic heterocycles. The first-order valence-corrected chi connectivity index (χ1v) is 6.45. The van der Waals surface area contributed by atoms with E-state index in [1.807, 2.05) is 12.1 Å². The molecule has 1 aromatic carbocycles. The number of benzene rings is 1. The highest BCUT2D eigenvalue weighted by molar-refractivity contribution is 8.01. The Kier molecular flexibility index (Phi) is 5.04. The number of carbonyl (C=O) groups excluding carboxylic acids is 1. The molecule has 4 nitrogen and oxygen atoms in total. The third kappa shape index (κ3) is 4.58. The minimum Gasteiger partial charge on any atom is -0.480 e. The molecule has 0 radical (unpaired) electrons. The van der Waals surface area contributed by atoms with Crippen LogP contribution in [0.2, 0.25) is 5.02 Å². The van der Waals surface area contributed by atoms with Crippen LogP contribution in [0.3, 0.4) is 0 Å². The van der Waals surface area contributed by atoms with Gasteiger partial charge in [0.2, 0.25) is 5.91 Å². The summed E-state index contributed by atoms with van der Waals surface area (Å²) < 4.78 is -0.747. The third-order valence-electron chi connectivity index (χ3n) is 2.13. The topological polar surface area (TPSA) is 66.4 Å². The van der Waals surface area contributed by atoms with Crippen LogP contribution in [-0.2, 0) is 9.59 Å². The Balaban J connectivity index is 2.65. The van der Waals surface area contributed by atoms with Crippen LogP contribution in [0.15, 0.2) is 29.2 Å². The molecule has 6 heteroatoms. The van der Waals surface area contributed by atoms with Crippen molar-refractivity contribution >= 4 is 35.2 Å². The zero-order valence-electron chi connectivity index (χ0n) is 10.1. The van der Waals surface area contributed by atoms with Crippen molar-refractivity contribution in [2.45, 2.75) is 23.5 Å². The molecule has 0 aliphatic carbocycles. The molecule has 0 saturated heterocycles. The monoisotopic (exact) mass is 287 g/mol. The lowest BCUT2D eigenvalue weighted by atomic mass is 10.2. The van der Waals surface area contributed by atoms with E-state index in [9.17, 15) is 9.59 Å². The molecule has 0 saturated carbocycles. The molecule has 0 unspecified atom stereocenters. The van der Waals surface area contributed by atoms with Crippen LogP contribution >= 0.6 is 23.4 Å². The summed E-state index contributed by atoms with van der Waals surface area (Å²) in [5, 5.41) is 11.5. The van der Waals surface area contributed by atoms with Gasteiger partial charge in [0.05, 0.1) is 4.75 Å². The van der Waals surface area contributed by atoms with E-state index in [1.54, 1.807) is 26.0 Å². The van der Waals surface area contributed by atoms with Crippen molar-refractivity contribution in [2.24, 2.45) is 0 Å².